The van der Waals surface area contributed by atoms with Crippen molar-refractivity contribution in [2.24, 2.45) is 0 Å². The highest BCUT2D eigenvalue weighted by atomic mass is 19.1. The summed E-state index contributed by atoms with van der Waals surface area (Å²) < 4.78 is 20.2. The molecule has 4 rings (SSSR count). The van der Waals surface area contributed by atoms with Crippen LogP contribution in [0.4, 0.5) is 4.39 Å². The predicted octanol–water partition coefficient (Wildman–Crippen LogP) is 2.68. The minimum Gasteiger partial charge on any atom is -0.445 e. The maximum Gasteiger partial charge on any atom is 0.267 e. The molecule has 0 radical (unpaired) electrons. The summed E-state index contributed by atoms with van der Waals surface area (Å²) >= 11 is 0. The number of piperidine rings is 1. The predicted molar refractivity (Wildman–Crippen MR) is 107 cm³/mol. The first-order chi connectivity index (χ1) is 14.5. The van der Waals surface area contributed by atoms with Crippen LogP contribution >= 0.6 is 0 Å². The number of oxazole rings is 1. The van der Waals surface area contributed by atoms with Crippen LogP contribution in [0.1, 0.15) is 41.7 Å². The largest absolute Gasteiger partial charge is 0.445 e. The molecule has 0 N–H and O–H groups in total. The second-order valence-electron chi connectivity index (χ2n) is 7.62. The van der Waals surface area contributed by atoms with Crippen LogP contribution in [0, 0.1) is 12.7 Å². The standard InChI is InChI=1S/C22H23FN4O3/c1-15-4-9-20(28)27(25-15)14-21(29)26-10-2-3-17(13-26)22-24-12-19(30-22)11-16-5-7-18(23)8-6-16/h4-9,12,17H,2-3,10-11,13-14H2,1H3. The molecule has 1 fully saturated rings. The number of nitrogens with zero attached hydrogens (tertiary/aromatic N) is 4. The minimum absolute atomic E-state index is 0.00635. The zero-order chi connectivity index (χ0) is 21.1. The summed E-state index contributed by atoms with van der Waals surface area (Å²) in [5.74, 6) is 0.906. The molecule has 1 atom stereocenters. The highest BCUT2D eigenvalue weighted by Gasteiger charge is 2.28. The van der Waals surface area contributed by atoms with Gasteiger partial charge in [0.15, 0.2) is 5.89 Å². The summed E-state index contributed by atoms with van der Waals surface area (Å²) in [6, 6.07) is 9.34. The van der Waals surface area contributed by atoms with E-state index in [1.165, 1.54) is 22.9 Å². The van der Waals surface area contributed by atoms with Crippen LogP contribution in [0.25, 0.3) is 0 Å². The van der Waals surface area contributed by atoms with Crippen LogP contribution in [0.3, 0.4) is 0 Å². The van der Waals surface area contributed by atoms with E-state index in [2.05, 4.69) is 10.1 Å². The van der Waals surface area contributed by atoms with Gasteiger partial charge in [0.1, 0.15) is 18.1 Å². The molecule has 156 valence electrons. The van der Waals surface area contributed by atoms with Gasteiger partial charge in [0.05, 0.1) is 17.8 Å². The Kier molecular flexibility index (Phi) is 5.74. The molecule has 1 aliphatic rings. The Morgan fingerprint density at radius 1 is 1.23 bits per heavy atom. The fraction of sp³-hybridized carbons (Fsp3) is 0.364. The molecule has 0 aliphatic carbocycles. The van der Waals surface area contributed by atoms with E-state index in [1.54, 1.807) is 36.2 Å². The Morgan fingerprint density at radius 2 is 2.03 bits per heavy atom. The summed E-state index contributed by atoms with van der Waals surface area (Å²) in [6.45, 7) is 2.84. The summed E-state index contributed by atoms with van der Waals surface area (Å²) in [6.07, 6.45) is 3.94. The lowest BCUT2D eigenvalue weighted by Gasteiger charge is -2.31. The number of aryl methyl sites for hydroxylation is 1. The molecule has 0 saturated carbocycles. The Labute approximate surface area is 173 Å². The van der Waals surface area contributed by atoms with E-state index in [0.717, 1.165) is 18.4 Å². The van der Waals surface area contributed by atoms with Crippen LogP contribution < -0.4 is 5.56 Å². The Hall–Kier alpha value is -3.29. The van der Waals surface area contributed by atoms with E-state index in [9.17, 15) is 14.0 Å². The first-order valence-electron chi connectivity index (χ1n) is 9.99. The van der Waals surface area contributed by atoms with Gasteiger partial charge >= 0.3 is 0 Å². The fourth-order valence-corrected chi connectivity index (χ4v) is 3.69. The van der Waals surface area contributed by atoms with Gasteiger partial charge in [-0.3, -0.25) is 9.59 Å². The second kappa shape index (κ2) is 8.61. The zero-order valence-corrected chi connectivity index (χ0v) is 16.8. The van der Waals surface area contributed by atoms with Crippen LogP contribution in [0.15, 0.2) is 51.8 Å². The average Bonchev–Trinajstić information content (AvgIpc) is 3.21. The normalized spacial score (nSPS) is 16.6. The summed E-state index contributed by atoms with van der Waals surface area (Å²) in [5, 5.41) is 4.14. The van der Waals surface area contributed by atoms with E-state index >= 15 is 0 Å². The first-order valence-corrected chi connectivity index (χ1v) is 9.99. The zero-order valence-electron chi connectivity index (χ0n) is 16.8. The summed E-state index contributed by atoms with van der Waals surface area (Å²) in [5.41, 5.74) is 1.34. The highest BCUT2D eigenvalue weighted by Crippen LogP contribution is 2.27. The summed E-state index contributed by atoms with van der Waals surface area (Å²) in [4.78, 5) is 30.8. The lowest BCUT2D eigenvalue weighted by Crippen LogP contribution is -2.42. The Balaban J connectivity index is 1.40. The van der Waals surface area contributed by atoms with Crippen molar-refractivity contribution in [2.45, 2.75) is 38.6 Å². The van der Waals surface area contributed by atoms with Gasteiger partial charge in [-0.05, 0) is 43.5 Å². The van der Waals surface area contributed by atoms with Crippen molar-refractivity contribution < 1.29 is 13.6 Å². The summed E-state index contributed by atoms with van der Waals surface area (Å²) in [7, 11) is 0. The molecule has 3 aromatic rings. The van der Waals surface area contributed by atoms with E-state index < -0.39 is 0 Å². The SMILES string of the molecule is Cc1ccc(=O)n(CC(=O)N2CCCC(c3ncc(Cc4ccc(F)cc4)o3)C2)n1. The monoisotopic (exact) mass is 410 g/mol. The first kappa shape index (κ1) is 20.0. The van der Waals surface area contributed by atoms with Crippen molar-refractivity contribution >= 4 is 5.91 Å². The van der Waals surface area contributed by atoms with Gasteiger partial charge in [0, 0.05) is 25.6 Å². The molecule has 7 nitrogen and oxygen atoms in total. The molecule has 0 bridgehead atoms. The van der Waals surface area contributed by atoms with Gasteiger partial charge in [0.2, 0.25) is 5.91 Å². The third-order valence-electron chi connectivity index (χ3n) is 5.27. The Bertz CT molecular complexity index is 1090. The van der Waals surface area contributed by atoms with E-state index in [1.807, 2.05) is 0 Å². The third kappa shape index (κ3) is 4.64. The minimum atomic E-state index is -0.291. The molecular formula is C22H23FN4O3. The maximum atomic E-state index is 13.1. The topological polar surface area (TPSA) is 81.2 Å². The van der Waals surface area contributed by atoms with Gasteiger partial charge in [-0.15, -0.1) is 0 Å². The van der Waals surface area contributed by atoms with E-state index in [0.29, 0.717) is 36.9 Å². The number of hydrogen-bond acceptors (Lipinski definition) is 5. The van der Waals surface area contributed by atoms with Crippen molar-refractivity contribution in [1.29, 1.82) is 0 Å². The molecule has 1 amide bonds. The van der Waals surface area contributed by atoms with Gasteiger partial charge < -0.3 is 9.32 Å². The number of rotatable bonds is 5. The van der Waals surface area contributed by atoms with Crippen LogP contribution in [-0.2, 0) is 17.8 Å². The molecule has 2 aromatic heterocycles. The number of benzene rings is 1. The molecule has 8 heteroatoms. The number of aromatic nitrogens is 3. The lowest BCUT2D eigenvalue weighted by molar-refractivity contribution is -0.133. The molecule has 1 unspecified atom stereocenters. The molecule has 1 aromatic carbocycles. The molecular weight excluding hydrogens is 387 g/mol. The average molecular weight is 410 g/mol. The van der Waals surface area contributed by atoms with Crippen molar-refractivity contribution in [3.8, 4) is 0 Å². The van der Waals surface area contributed by atoms with Crippen molar-refractivity contribution in [1.82, 2.24) is 19.7 Å². The molecule has 3 heterocycles. The van der Waals surface area contributed by atoms with Gasteiger partial charge in [-0.2, -0.15) is 5.10 Å². The van der Waals surface area contributed by atoms with Crippen LogP contribution in [-0.4, -0.2) is 38.7 Å². The van der Waals surface area contributed by atoms with Gasteiger partial charge in [0.25, 0.3) is 5.56 Å². The smallest absolute Gasteiger partial charge is 0.267 e. The number of halogens is 1. The molecule has 1 saturated heterocycles. The maximum absolute atomic E-state index is 13.1. The quantitative estimate of drug-likeness (QED) is 0.646. The van der Waals surface area contributed by atoms with E-state index in [4.69, 9.17) is 4.42 Å². The van der Waals surface area contributed by atoms with Crippen molar-refractivity contribution in [3.63, 3.8) is 0 Å². The fourth-order valence-electron chi connectivity index (χ4n) is 3.69. The number of carbonyl (C=O) groups is 1. The van der Waals surface area contributed by atoms with Gasteiger partial charge in [-0.1, -0.05) is 12.1 Å². The molecule has 0 spiro atoms. The lowest BCUT2D eigenvalue weighted by atomic mass is 9.98. The van der Waals surface area contributed by atoms with Crippen LogP contribution in [0.5, 0.6) is 0 Å². The second-order valence-corrected chi connectivity index (χ2v) is 7.62. The molecule has 1 aliphatic heterocycles. The number of hydrogen-bond donors (Lipinski definition) is 0. The van der Waals surface area contributed by atoms with Crippen molar-refractivity contribution in [2.75, 3.05) is 13.1 Å². The molecule has 30 heavy (non-hydrogen) atoms. The van der Waals surface area contributed by atoms with E-state index in [-0.39, 0.29) is 29.7 Å². The van der Waals surface area contributed by atoms with Gasteiger partial charge in [-0.25, -0.2) is 14.1 Å². The number of amides is 1. The number of carbonyl (C=O) groups excluding carboxylic acids is 1. The highest BCUT2D eigenvalue weighted by molar-refractivity contribution is 5.76. The van der Waals surface area contributed by atoms with Crippen molar-refractivity contribution in [3.05, 3.63) is 81.7 Å². The van der Waals surface area contributed by atoms with Crippen LogP contribution in [0.2, 0.25) is 0 Å². The Morgan fingerprint density at radius 3 is 2.83 bits per heavy atom. The third-order valence-corrected chi connectivity index (χ3v) is 5.27. The number of likely N-dealkylation sites (tertiary alicyclic amines) is 1.